The van der Waals surface area contributed by atoms with Gasteiger partial charge in [0.2, 0.25) is 0 Å². The highest BCUT2D eigenvalue weighted by Crippen LogP contribution is 2.18. The van der Waals surface area contributed by atoms with Crippen molar-refractivity contribution in [3.63, 3.8) is 0 Å². The lowest BCUT2D eigenvalue weighted by Gasteiger charge is -2.19. The smallest absolute Gasteiger partial charge is 0.413 e. The largest absolute Gasteiger partial charge is 0.481 e. The number of hydrogen-bond acceptors (Lipinski definition) is 4. The van der Waals surface area contributed by atoms with Crippen LogP contribution in [0.2, 0.25) is 0 Å². The van der Waals surface area contributed by atoms with E-state index < -0.39 is 23.6 Å². The van der Waals surface area contributed by atoms with Gasteiger partial charge < -0.3 is 9.84 Å². The van der Waals surface area contributed by atoms with Gasteiger partial charge in [0.15, 0.2) is 0 Å². The molecule has 104 valence electrons. The van der Waals surface area contributed by atoms with Gasteiger partial charge in [0, 0.05) is 6.20 Å². The van der Waals surface area contributed by atoms with Gasteiger partial charge in [-0.2, -0.15) is 0 Å². The summed E-state index contributed by atoms with van der Waals surface area (Å²) in [6, 6.07) is 3.11. The number of carbonyl (C=O) groups is 2. The molecule has 0 aliphatic heterocycles. The fourth-order valence-corrected chi connectivity index (χ4v) is 1.34. The minimum Gasteiger partial charge on any atom is -0.481 e. The molecule has 2 N–H and O–H groups in total. The highest BCUT2D eigenvalue weighted by atomic mass is 16.6. The maximum atomic E-state index is 11.6. The maximum Gasteiger partial charge on any atom is 0.413 e. The average Bonchev–Trinajstić information content (AvgIpc) is 2.25. The van der Waals surface area contributed by atoms with Crippen LogP contribution in [0, 0.1) is 0 Å². The van der Waals surface area contributed by atoms with Crippen LogP contribution in [0.3, 0.4) is 0 Å². The second-order valence-electron chi connectivity index (χ2n) is 5.16. The number of ether oxygens (including phenoxy) is 1. The van der Waals surface area contributed by atoms with E-state index in [1.165, 1.54) is 12.3 Å². The van der Waals surface area contributed by atoms with Gasteiger partial charge in [-0.15, -0.1) is 0 Å². The Labute approximate surface area is 111 Å². The summed E-state index contributed by atoms with van der Waals surface area (Å²) in [5, 5.41) is 11.4. The summed E-state index contributed by atoms with van der Waals surface area (Å²) < 4.78 is 5.08. The van der Waals surface area contributed by atoms with Crippen LogP contribution in [-0.2, 0) is 9.53 Å². The highest BCUT2D eigenvalue weighted by molar-refractivity contribution is 5.84. The summed E-state index contributed by atoms with van der Waals surface area (Å²) in [6.45, 7) is 6.82. The van der Waals surface area contributed by atoms with Gasteiger partial charge in [0.1, 0.15) is 11.4 Å². The predicted molar refractivity (Wildman–Crippen MR) is 70.1 cm³/mol. The van der Waals surface area contributed by atoms with Crippen LogP contribution >= 0.6 is 0 Å². The van der Waals surface area contributed by atoms with Crippen molar-refractivity contribution in [3.8, 4) is 0 Å². The molecule has 1 heterocycles. The molecule has 6 heteroatoms. The number of aliphatic carboxylic acids is 1. The van der Waals surface area contributed by atoms with Crippen molar-refractivity contribution in [2.75, 3.05) is 5.32 Å². The molecule has 1 atom stereocenters. The number of nitrogens with one attached hydrogen (secondary N) is 1. The van der Waals surface area contributed by atoms with E-state index in [0.717, 1.165) is 0 Å². The molecule has 0 saturated heterocycles. The monoisotopic (exact) mass is 266 g/mol. The molecule has 1 amide bonds. The molecule has 0 fully saturated rings. The van der Waals surface area contributed by atoms with Gasteiger partial charge in [0.05, 0.1) is 5.92 Å². The summed E-state index contributed by atoms with van der Waals surface area (Å²) >= 11 is 0. The molecule has 0 spiro atoms. The van der Waals surface area contributed by atoms with Crippen LogP contribution in [0.5, 0.6) is 0 Å². The lowest BCUT2D eigenvalue weighted by molar-refractivity contribution is -0.138. The van der Waals surface area contributed by atoms with Crippen LogP contribution < -0.4 is 5.32 Å². The van der Waals surface area contributed by atoms with Gasteiger partial charge in [0.25, 0.3) is 0 Å². The zero-order valence-electron chi connectivity index (χ0n) is 11.4. The van der Waals surface area contributed by atoms with Crippen molar-refractivity contribution in [2.45, 2.75) is 39.2 Å². The molecule has 1 unspecified atom stereocenters. The van der Waals surface area contributed by atoms with Crippen molar-refractivity contribution in [1.82, 2.24) is 4.98 Å². The number of hydrogen-bond donors (Lipinski definition) is 2. The molecule has 1 aromatic heterocycles. The van der Waals surface area contributed by atoms with Gasteiger partial charge in [-0.1, -0.05) is 0 Å². The first-order chi connectivity index (χ1) is 8.69. The normalized spacial score (nSPS) is 12.6. The molecular weight excluding hydrogens is 248 g/mol. The molecule has 0 saturated carbocycles. The first-order valence-corrected chi connectivity index (χ1v) is 5.88. The lowest BCUT2D eigenvalue weighted by atomic mass is 10.0. The lowest BCUT2D eigenvalue weighted by Crippen LogP contribution is -2.27. The Morgan fingerprint density at radius 1 is 1.42 bits per heavy atom. The zero-order valence-corrected chi connectivity index (χ0v) is 11.4. The number of nitrogens with zero attached hydrogens (tertiary/aromatic N) is 1. The molecule has 0 aromatic carbocycles. The van der Waals surface area contributed by atoms with Crippen molar-refractivity contribution < 1.29 is 19.4 Å². The summed E-state index contributed by atoms with van der Waals surface area (Å²) in [5.41, 5.74) is -0.0377. The molecule has 0 aliphatic rings. The van der Waals surface area contributed by atoms with E-state index >= 15 is 0 Å². The maximum absolute atomic E-state index is 11.6. The van der Waals surface area contributed by atoms with Crippen molar-refractivity contribution in [3.05, 3.63) is 23.9 Å². The van der Waals surface area contributed by atoms with Crippen LogP contribution in [0.25, 0.3) is 0 Å². The third-order valence-electron chi connectivity index (χ3n) is 2.28. The van der Waals surface area contributed by atoms with Crippen molar-refractivity contribution in [2.24, 2.45) is 0 Å². The van der Waals surface area contributed by atoms with Crippen LogP contribution in [0.4, 0.5) is 10.6 Å². The number of pyridine rings is 1. The van der Waals surface area contributed by atoms with Crippen molar-refractivity contribution >= 4 is 17.9 Å². The third-order valence-corrected chi connectivity index (χ3v) is 2.28. The van der Waals surface area contributed by atoms with Crippen LogP contribution in [0.15, 0.2) is 18.3 Å². The van der Waals surface area contributed by atoms with E-state index in [9.17, 15) is 9.59 Å². The Bertz CT molecular complexity index is 480. The topological polar surface area (TPSA) is 88.5 Å². The van der Waals surface area contributed by atoms with E-state index in [1.807, 2.05) is 0 Å². The second kappa shape index (κ2) is 5.69. The zero-order chi connectivity index (χ0) is 14.6. The molecule has 1 aromatic rings. The van der Waals surface area contributed by atoms with E-state index in [-0.39, 0.29) is 5.82 Å². The van der Waals surface area contributed by atoms with Crippen molar-refractivity contribution in [1.29, 1.82) is 0 Å². The SMILES string of the molecule is CC(C(=O)O)c1ccnc(NC(=O)OC(C)(C)C)c1. The van der Waals surface area contributed by atoms with Crippen LogP contribution in [0.1, 0.15) is 39.2 Å². The molecular formula is C13H18N2O4. The summed E-state index contributed by atoms with van der Waals surface area (Å²) in [5.74, 6) is -1.34. The highest BCUT2D eigenvalue weighted by Gasteiger charge is 2.18. The molecule has 1 rings (SSSR count). The third kappa shape index (κ3) is 4.95. The van der Waals surface area contributed by atoms with Gasteiger partial charge in [-0.25, -0.2) is 9.78 Å². The summed E-state index contributed by atoms with van der Waals surface area (Å²) in [4.78, 5) is 26.4. The minimum atomic E-state index is -0.936. The fraction of sp³-hybridized carbons (Fsp3) is 0.462. The average molecular weight is 266 g/mol. The molecule has 0 bridgehead atoms. The first-order valence-electron chi connectivity index (χ1n) is 5.88. The second-order valence-corrected chi connectivity index (χ2v) is 5.16. The number of carboxylic acids is 1. The number of amides is 1. The number of aromatic nitrogens is 1. The number of carbonyl (C=O) groups excluding carboxylic acids is 1. The Morgan fingerprint density at radius 2 is 2.05 bits per heavy atom. The summed E-state index contributed by atoms with van der Waals surface area (Å²) in [7, 11) is 0. The summed E-state index contributed by atoms with van der Waals surface area (Å²) in [6.07, 6.45) is 0.821. The van der Waals surface area contributed by atoms with Gasteiger partial charge in [-0.3, -0.25) is 10.1 Å². The molecule has 0 radical (unpaired) electrons. The van der Waals surface area contributed by atoms with Gasteiger partial charge in [-0.05, 0) is 45.4 Å². The van der Waals surface area contributed by atoms with E-state index in [0.29, 0.717) is 5.56 Å². The van der Waals surface area contributed by atoms with E-state index in [1.54, 1.807) is 33.8 Å². The quantitative estimate of drug-likeness (QED) is 0.877. The molecule has 0 aliphatic carbocycles. The number of rotatable bonds is 3. The predicted octanol–water partition coefficient (Wildman–Crippen LogP) is 2.62. The Morgan fingerprint density at radius 3 is 2.58 bits per heavy atom. The Kier molecular flexibility index (Phi) is 4.47. The molecule has 19 heavy (non-hydrogen) atoms. The minimum absolute atomic E-state index is 0.264. The Balaban J connectivity index is 2.78. The van der Waals surface area contributed by atoms with E-state index in [2.05, 4.69) is 10.3 Å². The fourth-order valence-electron chi connectivity index (χ4n) is 1.34. The van der Waals surface area contributed by atoms with E-state index in [4.69, 9.17) is 9.84 Å². The standard InChI is InChI=1S/C13H18N2O4/c1-8(11(16)17)9-5-6-14-10(7-9)15-12(18)19-13(2,3)4/h5-8H,1-4H3,(H,16,17)(H,14,15,18). The number of anilines is 1. The van der Waals surface area contributed by atoms with Crippen LogP contribution in [-0.4, -0.2) is 27.8 Å². The number of carboxylic acid groups (broad SMARTS) is 1. The Hall–Kier alpha value is -2.11. The first kappa shape index (κ1) is 14.9. The van der Waals surface area contributed by atoms with Gasteiger partial charge >= 0.3 is 12.1 Å². The molecule has 6 nitrogen and oxygen atoms in total.